The molecule has 0 fully saturated rings. The third-order valence-corrected chi connectivity index (χ3v) is 4.62. The van der Waals surface area contributed by atoms with Crippen molar-refractivity contribution in [3.63, 3.8) is 0 Å². The second-order valence-electron chi connectivity index (χ2n) is 5.54. The van der Waals surface area contributed by atoms with Crippen molar-refractivity contribution in [1.82, 2.24) is 25.1 Å². The fourth-order valence-corrected chi connectivity index (χ4v) is 3.13. The molecular formula is C18H15N5S. The van der Waals surface area contributed by atoms with Crippen molar-refractivity contribution in [1.29, 1.82) is 0 Å². The molecule has 2 aromatic heterocycles. The molecule has 0 aliphatic rings. The van der Waals surface area contributed by atoms with E-state index in [4.69, 9.17) is 0 Å². The molecule has 0 saturated heterocycles. The van der Waals surface area contributed by atoms with Crippen LogP contribution in [-0.2, 0) is 0 Å². The number of hydrogen-bond donors (Lipinski definition) is 1. The smallest absolute Gasteiger partial charge is 0.215 e. The Morgan fingerprint density at radius 1 is 0.833 bits per heavy atom. The molecule has 0 atom stereocenters. The van der Waals surface area contributed by atoms with Gasteiger partial charge in [-0.3, -0.25) is 5.10 Å². The van der Waals surface area contributed by atoms with Crippen LogP contribution in [0.25, 0.3) is 22.4 Å². The lowest BCUT2D eigenvalue weighted by molar-refractivity contribution is 0.960. The average molecular weight is 333 g/mol. The van der Waals surface area contributed by atoms with Gasteiger partial charge in [0.05, 0.1) is 16.7 Å². The van der Waals surface area contributed by atoms with Crippen LogP contribution in [0, 0.1) is 13.8 Å². The molecular weight excluding hydrogens is 318 g/mol. The highest BCUT2D eigenvalue weighted by atomic mass is 32.2. The van der Waals surface area contributed by atoms with Gasteiger partial charge in [-0.2, -0.15) is 0 Å². The van der Waals surface area contributed by atoms with E-state index in [0.717, 1.165) is 33.1 Å². The minimum atomic E-state index is 0.637. The van der Waals surface area contributed by atoms with E-state index < -0.39 is 0 Å². The van der Waals surface area contributed by atoms with Gasteiger partial charge in [0, 0.05) is 5.56 Å². The van der Waals surface area contributed by atoms with Crippen LogP contribution in [0.15, 0.2) is 58.7 Å². The van der Waals surface area contributed by atoms with Crippen LogP contribution in [-0.4, -0.2) is 25.1 Å². The van der Waals surface area contributed by atoms with Gasteiger partial charge in [-0.1, -0.05) is 42.0 Å². The van der Waals surface area contributed by atoms with E-state index in [0.29, 0.717) is 5.16 Å². The maximum atomic E-state index is 4.67. The highest BCUT2D eigenvalue weighted by molar-refractivity contribution is 7.99. The Balaban J connectivity index is 1.64. The maximum absolute atomic E-state index is 4.67. The van der Waals surface area contributed by atoms with Crippen LogP contribution < -0.4 is 0 Å². The summed E-state index contributed by atoms with van der Waals surface area (Å²) in [6.07, 6.45) is 0. The van der Waals surface area contributed by atoms with Crippen molar-refractivity contribution in [3.8, 4) is 11.4 Å². The summed E-state index contributed by atoms with van der Waals surface area (Å²) >= 11 is 1.42. The van der Waals surface area contributed by atoms with Gasteiger partial charge in [0.15, 0.2) is 5.82 Å². The van der Waals surface area contributed by atoms with Gasteiger partial charge in [-0.15, -0.1) is 5.10 Å². The zero-order chi connectivity index (χ0) is 16.5. The third kappa shape index (κ3) is 2.88. The number of rotatable bonds is 3. The number of para-hydroxylation sites is 2. The van der Waals surface area contributed by atoms with E-state index in [1.54, 1.807) is 0 Å². The number of hydrogen-bond acceptors (Lipinski definition) is 5. The molecule has 0 unspecified atom stereocenters. The molecule has 0 aliphatic carbocycles. The van der Waals surface area contributed by atoms with E-state index in [2.05, 4.69) is 44.2 Å². The van der Waals surface area contributed by atoms with Crippen LogP contribution in [0.4, 0.5) is 0 Å². The molecule has 0 radical (unpaired) electrons. The lowest BCUT2D eigenvalue weighted by Crippen LogP contribution is -1.93. The topological polar surface area (TPSA) is 67.3 Å². The predicted octanol–water partition coefficient (Wildman–Crippen LogP) is 4.18. The van der Waals surface area contributed by atoms with Gasteiger partial charge in [0.1, 0.15) is 5.03 Å². The van der Waals surface area contributed by atoms with E-state index in [1.165, 1.54) is 17.3 Å². The molecule has 5 nitrogen and oxygen atoms in total. The zero-order valence-corrected chi connectivity index (χ0v) is 14.1. The largest absolute Gasteiger partial charge is 0.258 e. The first-order chi connectivity index (χ1) is 11.7. The maximum Gasteiger partial charge on any atom is 0.215 e. The molecule has 4 rings (SSSR count). The van der Waals surface area contributed by atoms with E-state index in [9.17, 15) is 0 Å². The van der Waals surface area contributed by atoms with E-state index >= 15 is 0 Å². The molecule has 2 aromatic carbocycles. The summed E-state index contributed by atoms with van der Waals surface area (Å²) in [5.41, 5.74) is 4.88. The van der Waals surface area contributed by atoms with Crippen molar-refractivity contribution < 1.29 is 0 Å². The number of H-pyrrole nitrogens is 1. The molecule has 1 N–H and O–H groups in total. The zero-order valence-electron chi connectivity index (χ0n) is 13.3. The van der Waals surface area contributed by atoms with Crippen molar-refractivity contribution in [3.05, 3.63) is 59.8 Å². The summed E-state index contributed by atoms with van der Waals surface area (Å²) in [7, 11) is 0. The summed E-state index contributed by atoms with van der Waals surface area (Å²) in [6.45, 7) is 4.02. The molecule has 0 amide bonds. The van der Waals surface area contributed by atoms with E-state index in [-0.39, 0.29) is 0 Å². The molecule has 4 aromatic rings. The van der Waals surface area contributed by atoms with Gasteiger partial charge in [-0.25, -0.2) is 15.0 Å². The van der Waals surface area contributed by atoms with Crippen molar-refractivity contribution in [2.24, 2.45) is 0 Å². The molecule has 0 spiro atoms. The van der Waals surface area contributed by atoms with Gasteiger partial charge < -0.3 is 0 Å². The molecule has 0 saturated carbocycles. The first-order valence-electron chi connectivity index (χ1n) is 7.60. The van der Waals surface area contributed by atoms with Gasteiger partial charge in [0.2, 0.25) is 5.16 Å². The molecule has 6 heteroatoms. The van der Waals surface area contributed by atoms with Gasteiger partial charge in [0.25, 0.3) is 0 Å². The van der Waals surface area contributed by atoms with Crippen LogP contribution in [0.1, 0.15) is 11.3 Å². The summed E-state index contributed by atoms with van der Waals surface area (Å²) < 4.78 is 0. The first-order valence-corrected chi connectivity index (χ1v) is 8.41. The van der Waals surface area contributed by atoms with Crippen LogP contribution in [0.5, 0.6) is 0 Å². The minimum absolute atomic E-state index is 0.637. The van der Waals surface area contributed by atoms with Crippen LogP contribution in [0.3, 0.4) is 0 Å². The normalized spacial score (nSPS) is 11.1. The Kier molecular flexibility index (Phi) is 3.74. The molecule has 0 aliphatic heterocycles. The lowest BCUT2D eigenvalue weighted by Gasteiger charge is -2.03. The Bertz CT molecular complexity index is 1010. The average Bonchev–Trinajstić information content (AvgIpc) is 3.05. The monoisotopic (exact) mass is 333 g/mol. The van der Waals surface area contributed by atoms with Gasteiger partial charge in [-0.05, 0) is 37.7 Å². The number of aromatic amines is 1. The third-order valence-electron chi connectivity index (χ3n) is 3.68. The fraction of sp³-hybridized carbons (Fsp3) is 0.111. The summed E-state index contributed by atoms with van der Waals surface area (Å²) in [6, 6.07) is 16.0. The number of fused-ring (bicyclic) bond motifs is 1. The highest BCUT2D eigenvalue weighted by Gasteiger charge is 2.11. The van der Waals surface area contributed by atoms with E-state index in [1.807, 2.05) is 43.3 Å². The number of nitrogens with one attached hydrogen (secondary N) is 1. The van der Waals surface area contributed by atoms with Gasteiger partial charge >= 0.3 is 0 Å². The standard InChI is InChI=1S/C18H15N5S/c1-11-7-9-13(10-8-11)16-21-18(23-22-16)24-17-12(2)19-14-5-3-4-6-15(14)20-17/h3-10H,1-2H3,(H,21,22,23). The lowest BCUT2D eigenvalue weighted by atomic mass is 10.1. The Hall–Kier alpha value is -2.73. The summed E-state index contributed by atoms with van der Waals surface area (Å²) in [5, 5.41) is 8.74. The number of benzene rings is 2. The Labute approximate surface area is 143 Å². The number of aryl methyl sites for hydroxylation is 2. The Morgan fingerprint density at radius 2 is 1.54 bits per heavy atom. The van der Waals surface area contributed by atoms with Crippen LogP contribution in [0.2, 0.25) is 0 Å². The molecule has 118 valence electrons. The molecule has 0 bridgehead atoms. The summed E-state index contributed by atoms with van der Waals surface area (Å²) in [4.78, 5) is 13.8. The second-order valence-corrected chi connectivity index (χ2v) is 6.49. The summed E-state index contributed by atoms with van der Waals surface area (Å²) in [5.74, 6) is 0.754. The fourth-order valence-electron chi connectivity index (χ4n) is 2.39. The molecule has 2 heterocycles. The minimum Gasteiger partial charge on any atom is -0.258 e. The molecule has 24 heavy (non-hydrogen) atoms. The predicted molar refractivity (Wildman–Crippen MR) is 95.0 cm³/mol. The number of aromatic nitrogens is 5. The first kappa shape index (κ1) is 14.8. The van der Waals surface area contributed by atoms with Crippen molar-refractivity contribution >= 4 is 22.8 Å². The van der Waals surface area contributed by atoms with Crippen molar-refractivity contribution in [2.75, 3.05) is 0 Å². The number of nitrogens with zero attached hydrogens (tertiary/aromatic N) is 4. The highest BCUT2D eigenvalue weighted by Crippen LogP contribution is 2.28. The second kappa shape index (κ2) is 6.05. The SMILES string of the molecule is Cc1ccc(-c2nc(Sc3nc4ccccc4nc3C)n[nH]2)cc1. The van der Waals surface area contributed by atoms with Crippen molar-refractivity contribution in [2.45, 2.75) is 24.0 Å². The Morgan fingerprint density at radius 3 is 2.29 bits per heavy atom. The quantitative estimate of drug-likeness (QED) is 0.609. The van der Waals surface area contributed by atoms with Crippen LogP contribution >= 0.6 is 11.8 Å².